The highest BCUT2D eigenvalue weighted by Crippen LogP contribution is 2.32. The molecule has 0 N–H and O–H groups in total. The number of hydrogen-bond acceptors (Lipinski definition) is 5. The molecule has 1 aliphatic heterocycles. The summed E-state index contributed by atoms with van der Waals surface area (Å²) in [5.74, 6) is 1.35. The number of methoxy groups -OCH3 is 2. The van der Waals surface area contributed by atoms with Gasteiger partial charge in [-0.1, -0.05) is 13.0 Å². The number of rotatable bonds is 5. The summed E-state index contributed by atoms with van der Waals surface area (Å²) in [5, 5.41) is 9.65. The molecule has 5 nitrogen and oxygen atoms in total. The minimum atomic E-state index is -0.249. The summed E-state index contributed by atoms with van der Waals surface area (Å²) in [6, 6.07) is 8.38. The van der Waals surface area contributed by atoms with Crippen LogP contribution < -0.4 is 9.47 Å². The first-order valence-electron chi connectivity index (χ1n) is 7.74. The second-order valence-corrected chi connectivity index (χ2v) is 5.62. The molecule has 0 aromatic heterocycles. The van der Waals surface area contributed by atoms with Crippen molar-refractivity contribution in [2.45, 2.75) is 25.9 Å². The van der Waals surface area contributed by atoms with Crippen molar-refractivity contribution in [2.75, 3.05) is 40.4 Å². The second-order valence-electron chi connectivity index (χ2n) is 5.62. The fourth-order valence-corrected chi connectivity index (χ4v) is 3.12. The predicted molar refractivity (Wildman–Crippen MR) is 86.2 cm³/mol. The molecule has 1 aliphatic rings. The van der Waals surface area contributed by atoms with Crippen molar-refractivity contribution in [3.63, 3.8) is 0 Å². The Labute approximate surface area is 133 Å². The van der Waals surface area contributed by atoms with Gasteiger partial charge in [-0.15, -0.1) is 0 Å². The van der Waals surface area contributed by atoms with Crippen molar-refractivity contribution in [3.8, 4) is 17.6 Å². The van der Waals surface area contributed by atoms with Crippen LogP contribution in [0.4, 0.5) is 0 Å². The number of nitriles is 1. The quantitative estimate of drug-likeness (QED) is 0.835. The maximum atomic E-state index is 9.65. The van der Waals surface area contributed by atoms with E-state index < -0.39 is 0 Å². The summed E-state index contributed by atoms with van der Waals surface area (Å²) in [4.78, 5) is 4.69. The van der Waals surface area contributed by atoms with Gasteiger partial charge in [0, 0.05) is 25.7 Å². The van der Waals surface area contributed by atoms with E-state index in [1.165, 1.54) is 0 Å². The van der Waals surface area contributed by atoms with E-state index >= 15 is 0 Å². The van der Waals surface area contributed by atoms with Gasteiger partial charge in [-0.25, -0.2) is 0 Å². The Morgan fingerprint density at radius 3 is 2.55 bits per heavy atom. The lowest BCUT2D eigenvalue weighted by Crippen LogP contribution is -2.52. The Hall–Kier alpha value is -1.77. The van der Waals surface area contributed by atoms with E-state index in [4.69, 9.17) is 9.47 Å². The maximum Gasteiger partial charge on any atom is 0.161 e. The van der Waals surface area contributed by atoms with Crippen molar-refractivity contribution in [3.05, 3.63) is 23.8 Å². The molecule has 0 saturated carbocycles. The first-order valence-corrected chi connectivity index (χ1v) is 7.74. The first kappa shape index (κ1) is 16.6. The monoisotopic (exact) mass is 303 g/mol. The molecule has 1 aromatic carbocycles. The van der Waals surface area contributed by atoms with Crippen LogP contribution in [0.5, 0.6) is 11.5 Å². The minimum absolute atomic E-state index is 0.249. The maximum absolute atomic E-state index is 9.65. The Balaban J connectivity index is 2.20. The van der Waals surface area contributed by atoms with Crippen LogP contribution in [-0.4, -0.2) is 56.2 Å². The van der Waals surface area contributed by atoms with E-state index in [1.807, 2.05) is 18.2 Å². The highest BCUT2D eigenvalue weighted by atomic mass is 16.5. The van der Waals surface area contributed by atoms with Crippen LogP contribution >= 0.6 is 0 Å². The van der Waals surface area contributed by atoms with Gasteiger partial charge in [0.2, 0.25) is 0 Å². The van der Waals surface area contributed by atoms with E-state index in [0.29, 0.717) is 17.5 Å². The Morgan fingerprint density at radius 2 is 2.00 bits per heavy atom. The topological polar surface area (TPSA) is 48.7 Å². The fourth-order valence-electron chi connectivity index (χ4n) is 3.12. The Kier molecular flexibility index (Phi) is 5.64. The van der Waals surface area contributed by atoms with Crippen molar-refractivity contribution >= 4 is 0 Å². The molecule has 0 amide bonds. The molecule has 1 fully saturated rings. The zero-order valence-corrected chi connectivity index (χ0v) is 13.9. The van der Waals surface area contributed by atoms with Gasteiger partial charge < -0.3 is 9.47 Å². The first-order chi connectivity index (χ1) is 10.6. The van der Waals surface area contributed by atoms with Gasteiger partial charge in [0.15, 0.2) is 11.5 Å². The lowest BCUT2D eigenvalue weighted by atomic mass is 10.0. The molecule has 2 unspecified atom stereocenters. The van der Waals surface area contributed by atoms with Gasteiger partial charge in [-0.05, 0) is 31.2 Å². The summed E-state index contributed by atoms with van der Waals surface area (Å²) < 4.78 is 10.6. The molecular weight excluding hydrogens is 278 g/mol. The highest BCUT2D eigenvalue weighted by Gasteiger charge is 2.28. The van der Waals surface area contributed by atoms with E-state index in [-0.39, 0.29) is 6.04 Å². The SMILES string of the molecule is CCN1CCN(C(C#N)c2ccc(OC)c(OC)c2)CC1C. The van der Waals surface area contributed by atoms with Gasteiger partial charge in [0.25, 0.3) is 0 Å². The van der Waals surface area contributed by atoms with E-state index in [9.17, 15) is 5.26 Å². The fraction of sp³-hybridized carbons (Fsp3) is 0.588. The second kappa shape index (κ2) is 7.48. The molecule has 120 valence electrons. The van der Waals surface area contributed by atoms with Crippen LogP contribution in [0.15, 0.2) is 18.2 Å². The average molecular weight is 303 g/mol. The molecule has 2 atom stereocenters. The van der Waals surface area contributed by atoms with Crippen LogP contribution in [0.2, 0.25) is 0 Å². The van der Waals surface area contributed by atoms with Gasteiger partial charge in [-0.2, -0.15) is 5.26 Å². The molecular formula is C17H25N3O2. The number of ether oxygens (including phenoxy) is 2. The van der Waals surface area contributed by atoms with Crippen LogP contribution in [0.3, 0.4) is 0 Å². The van der Waals surface area contributed by atoms with Crippen molar-refractivity contribution in [1.82, 2.24) is 9.80 Å². The molecule has 0 bridgehead atoms. The van der Waals surface area contributed by atoms with E-state index in [2.05, 4.69) is 29.7 Å². The largest absolute Gasteiger partial charge is 0.493 e. The lowest BCUT2D eigenvalue weighted by Gasteiger charge is -2.41. The highest BCUT2D eigenvalue weighted by molar-refractivity contribution is 5.44. The van der Waals surface area contributed by atoms with Crippen LogP contribution in [0.1, 0.15) is 25.5 Å². The van der Waals surface area contributed by atoms with Crippen LogP contribution in [-0.2, 0) is 0 Å². The zero-order valence-electron chi connectivity index (χ0n) is 13.9. The van der Waals surface area contributed by atoms with Crippen molar-refractivity contribution < 1.29 is 9.47 Å². The number of nitrogens with zero attached hydrogens (tertiary/aromatic N) is 3. The number of benzene rings is 1. The third kappa shape index (κ3) is 3.34. The van der Waals surface area contributed by atoms with Gasteiger partial charge >= 0.3 is 0 Å². The molecule has 1 saturated heterocycles. The van der Waals surface area contributed by atoms with E-state index in [0.717, 1.165) is 31.7 Å². The lowest BCUT2D eigenvalue weighted by molar-refractivity contribution is 0.0729. The third-order valence-corrected chi connectivity index (χ3v) is 4.41. The Morgan fingerprint density at radius 1 is 1.27 bits per heavy atom. The molecule has 0 radical (unpaired) electrons. The van der Waals surface area contributed by atoms with Gasteiger partial charge in [0.05, 0.1) is 20.3 Å². The molecule has 0 spiro atoms. The molecule has 22 heavy (non-hydrogen) atoms. The molecule has 0 aliphatic carbocycles. The molecule has 1 heterocycles. The smallest absolute Gasteiger partial charge is 0.161 e. The van der Waals surface area contributed by atoms with Gasteiger partial charge in [0.1, 0.15) is 6.04 Å². The summed E-state index contributed by atoms with van der Waals surface area (Å²) >= 11 is 0. The third-order valence-electron chi connectivity index (χ3n) is 4.41. The van der Waals surface area contributed by atoms with E-state index in [1.54, 1.807) is 14.2 Å². The minimum Gasteiger partial charge on any atom is -0.493 e. The van der Waals surface area contributed by atoms with Crippen molar-refractivity contribution in [2.24, 2.45) is 0 Å². The number of piperazine rings is 1. The predicted octanol–water partition coefficient (Wildman–Crippen LogP) is 2.29. The summed E-state index contributed by atoms with van der Waals surface area (Å²) in [6.07, 6.45) is 0. The molecule has 1 aromatic rings. The Bertz CT molecular complexity index is 541. The number of likely N-dealkylation sites (N-methyl/N-ethyl adjacent to an activating group) is 1. The molecule has 5 heteroatoms. The van der Waals surface area contributed by atoms with Crippen LogP contribution in [0.25, 0.3) is 0 Å². The van der Waals surface area contributed by atoms with Gasteiger partial charge in [-0.3, -0.25) is 9.80 Å². The summed E-state index contributed by atoms with van der Waals surface area (Å²) in [6.45, 7) is 8.28. The molecule has 2 rings (SSSR count). The zero-order chi connectivity index (χ0) is 16.1. The summed E-state index contributed by atoms with van der Waals surface area (Å²) in [5.41, 5.74) is 0.956. The standard InChI is InChI=1S/C17H25N3O2/c1-5-19-8-9-20(12-13(19)2)15(11-18)14-6-7-16(21-3)17(10-14)22-4/h6-7,10,13,15H,5,8-9,12H2,1-4H3. The average Bonchev–Trinajstić information content (AvgIpc) is 2.55. The number of hydrogen-bond donors (Lipinski definition) is 0. The van der Waals surface area contributed by atoms with Crippen molar-refractivity contribution in [1.29, 1.82) is 5.26 Å². The summed E-state index contributed by atoms with van der Waals surface area (Å²) in [7, 11) is 3.23. The van der Waals surface area contributed by atoms with Crippen LogP contribution in [0, 0.1) is 11.3 Å². The normalized spacial score (nSPS) is 21.1.